The summed E-state index contributed by atoms with van der Waals surface area (Å²) in [5, 5.41) is 0. The molecule has 31 heteroatoms. The van der Waals surface area contributed by atoms with Gasteiger partial charge in [0.25, 0.3) is 5.41 Å². The molecule has 0 aromatic heterocycles. The van der Waals surface area contributed by atoms with Crippen LogP contribution in [0, 0.1) is 5.41 Å². The predicted molar refractivity (Wildman–Crippen MR) is 125 cm³/mol. The summed E-state index contributed by atoms with van der Waals surface area (Å²) in [7, 11) is 0. The van der Waals surface area contributed by atoms with Crippen molar-refractivity contribution in [2.45, 2.75) is 66.8 Å². The lowest BCUT2D eigenvalue weighted by Crippen LogP contribution is -2.77. The molecule has 320 valence electrons. The van der Waals surface area contributed by atoms with Crippen LogP contribution < -0.4 is 0 Å². The monoisotopic (exact) mass is 866 g/mol. The summed E-state index contributed by atoms with van der Waals surface area (Å²) in [6.45, 7) is -3.77. The van der Waals surface area contributed by atoms with Gasteiger partial charge in [0.05, 0.1) is 0 Å². The molecule has 0 bridgehead atoms. The Balaban J connectivity index is 8.79. The van der Waals surface area contributed by atoms with Crippen molar-refractivity contribution in [2.24, 2.45) is 5.41 Å². The highest BCUT2D eigenvalue weighted by atomic mass is 19.4. The van der Waals surface area contributed by atoms with Crippen molar-refractivity contribution >= 4 is 17.9 Å². The number of rotatable bonds is 19. The summed E-state index contributed by atoms with van der Waals surface area (Å²) in [5.74, 6) is -37.6. The quantitative estimate of drug-likeness (QED) is 0.0563. The van der Waals surface area contributed by atoms with E-state index in [-0.39, 0.29) is 18.2 Å². The molecule has 0 spiro atoms. The van der Waals surface area contributed by atoms with Crippen molar-refractivity contribution < 1.29 is 139 Å². The standard InChI is InChI=1S/C24H16F22O9/c1-4-10(47)50-7-14(26,19(31,32)33)53-13(25)17(18(29,30)22(40,41)42,23(43,44)54-15(27,20(34,35)36)8-51-11(48)5-2)24(45,46)55-16(28,21(37,38)39)9-52-12(49)6-3/h4-6,13H,1-3,7-9H2. The van der Waals surface area contributed by atoms with Crippen LogP contribution in [0.3, 0.4) is 0 Å². The zero-order valence-corrected chi connectivity index (χ0v) is 25.5. The smallest absolute Gasteiger partial charge is 0.454 e. The lowest BCUT2D eigenvalue weighted by molar-refractivity contribution is -0.566. The van der Waals surface area contributed by atoms with Crippen LogP contribution >= 0.6 is 0 Å². The maximum absolute atomic E-state index is 15.6. The first-order valence-electron chi connectivity index (χ1n) is 12.7. The molecule has 4 atom stereocenters. The van der Waals surface area contributed by atoms with Crippen molar-refractivity contribution in [2.75, 3.05) is 19.8 Å². The number of alkyl halides is 22. The second kappa shape index (κ2) is 16.2. The molecule has 0 amide bonds. The molecular formula is C24H16F22O9. The van der Waals surface area contributed by atoms with Gasteiger partial charge in [-0.2, -0.15) is 92.2 Å². The lowest BCUT2D eigenvalue weighted by Gasteiger charge is -2.51. The molecule has 0 aromatic rings. The highest BCUT2D eigenvalue weighted by Gasteiger charge is 2.95. The van der Waals surface area contributed by atoms with Gasteiger partial charge in [-0.3, -0.25) is 14.2 Å². The van der Waals surface area contributed by atoms with Crippen LogP contribution in [0.4, 0.5) is 96.6 Å². The van der Waals surface area contributed by atoms with Gasteiger partial charge in [-0.15, -0.1) is 0 Å². The third-order valence-electron chi connectivity index (χ3n) is 5.95. The molecule has 0 N–H and O–H groups in total. The van der Waals surface area contributed by atoms with Gasteiger partial charge < -0.3 is 14.2 Å². The molecule has 0 radical (unpaired) electrons. The topological polar surface area (TPSA) is 107 Å². The molecule has 0 fully saturated rings. The van der Waals surface area contributed by atoms with Crippen LogP contribution in [0.15, 0.2) is 38.0 Å². The van der Waals surface area contributed by atoms with Crippen molar-refractivity contribution in [3.05, 3.63) is 38.0 Å². The molecule has 0 saturated carbocycles. The van der Waals surface area contributed by atoms with Crippen molar-refractivity contribution in [1.82, 2.24) is 0 Å². The van der Waals surface area contributed by atoms with Crippen LogP contribution in [0.25, 0.3) is 0 Å². The highest BCUT2D eigenvalue weighted by Crippen LogP contribution is 2.68. The Morgan fingerprint density at radius 1 is 0.455 bits per heavy atom. The Morgan fingerprint density at radius 2 is 0.709 bits per heavy atom. The third-order valence-corrected chi connectivity index (χ3v) is 5.95. The molecule has 0 aliphatic carbocycles. The Hall–Kier alpha value is -4.03. The average molecular weight is 866 g/mol. The van der Waals surface area contributed by atoms with E-state index >= 15 is 30.7 Å². The number of ether oxygens (including phenoxy) is 6. The number of esters is 3. The SMILES string of the molecule is C=CC(=O)OCC(F)(OC(F)C(C(F)(F)OC(F)(COC(=O)C=C)C(F)(F)F)(C(F)(F)OC(F)(COC(=O)C=C)C(F)(F)F)C(F)(F)C(F)(F)F)C(F)(F)F. The Bertz CT molecular complexity index is 1360. The van der Waals surface area contributed by atoms with Crippen LogP contribution in [-0.2, 0) is 42.8 Å². The number of carbonyl (C=O) groups is 3. The van der Waals surface area contributed by atoms with Gasteiger partial charge >= 0.3 is 78.3 Å². The molecule has 0 aromatic carbocycles. The first kappa shape index (κ1) is 51.0. The fourth-order valence-corrected chi connectivity index (χ4v) is 3.17. The molecule has 55 heavy (non-hydrogen) atoms. The molecular weight excluding hydrogens is 850 g/mol. The Labute approximate surface area is 288 Å². The summed E-state index contributed by atoms with van der Waals surface area (Å²) in [6.07, 6.45) is -57.4. The van der Waals surface area contributed by atoms with Gasteiger partial charge in [-0.05, 0) is 0 Å². The van der Waals surface area contributed by atoms with Crippen LogP contribution in [0.2, 0.25) is 0 Å². The van der Waals surface area contributed by atoms with Gasteiger partial charge in [0.1, 0.15) is 0 Å². The summed E-state index contributed by atoms with van der Waals surface area (Å²) in [6, 6.07) is 0. The normalized spacial score (nSPS) is 18.7. The molecule has 9 nitrogen and oxygen atoms in total. The van der Waals surface area contributed by atoms with E-state index in [4.69, 9.17) is 0 Å². The van der Waals surface area contributed by atoms with Gasteiger partial charge in [-0.25, -0.2) is 18.8 Å². The second-order valence-electron chi connectivity index (χ2n) is 9.67. The van der Waals surface area contributed by atoms with Crippen LogP contribution in [0.5, 0.6) is 0 Å². The maximum atomic E-state index is 15.6. The zero-order chi connectivity index (χ0) is 44.3. The largest absolute Gasteiger partial charge is 0.456 e. The minimum Gasteiger partial charge on any atom is -0.456 e. The molecule has 0 rings (SSSR count). The second-order valence-corrected chi connectivity index (χ2v) is 9.67. The van der Waals surface area contributed by atoms with E-state index in [1.807, 2.05) is 9.47 Å². The van der Waals surface area contributed by atoms with Crippen LogP contribution in [0.1, 0.15) is 0 Å². The summed E-state index contributed by atoms with van der Waals surface area (Å²) >= 11 is 0. The minimum atomic E-state index is -9.19. The van der Waals surface area contributed by atoms with Gasteiger partial charge in [0, 0.05) is 18.2 Å². The zero-order valence-electron chi connectivity index (χ0n) is 25.5. The van der Waals surface area contributed by atoms with Gasteiger partial charge in [-0.1, -0.05) is 19.7 Å². The van der Waals surface area contributed by atoms with E-state index in [1.165, 1.54) is 0 Å². The molecule has 0 aliphatic heterocycles. The van der Waals surface area contributed by atoms with E-state index < -0.39 is 110 Å². The molecule has 0 aliphatic rings. The minimum absolute atomic E-state index is 0.288. The van der Waals surface area contributed by atoms with E-state index in [0.717, 1.165) is 0 Å². The number of carbonyl (C=O) groups excluding carboxylic acids is 3. The summed E-state index contributed by atoms with van der Waals surface area (Å²) in [5.41, 5.74) is -9.15. The first-order chi connectivity index (χ1) is 24.2. The van der Waals surface area contributed by atoms with Gasteiger partial charge in [0.15, 0.2) is 19.8 Å². The molecule has 4 unspecified atom stereocenters. The highest BCUT2D eigenvalue weighted by molar-refractivity contribution is 5.81. The van der Waals surface area contributed by atoms with Crippen LogP contribution in [-0.4, -0.2) is 104 Å². The summed E-state index contributed by atoms with van der Waals surface area (Å²) < 4.78 is 332. The van der Waals surface area contributed by atoms with E-state index in [0.29, 0.717) is 0 Å². The maximum Gasteiger partial charge on any atom is 0.454 e. The fourth-order valence-electron chi connectivity index (χ4n) is 3.17. The van der Waals surface area contributed by atoms with E-state index in [1.54, 1.807) is 0 Å². The number of hydrogen-bond donors (Lipinski definition) is 0. The lowest BCUT2D eigenvalue weighted by atomic mass is 9.76. The fraction of sp³-hybridized carbons (Fsp3) is 0.625. The number of hydrogen-bond acceptors (Lipinski definition) is 9. The van der Waals surface area contributed by atoms with Gasteiger partial charge in [0.2, 0.25) is 6.36 Å². The third kappa shape index (κ3) is 10.2. The van der Waals surface area contributed by atoms with Crippen molar-refractivity contribution in [1.29, 1.82) is 0 Å². The van der Waals surface area contributed by atoms with E-state index in [9.17, 15) is 80.2 Å². The molecule has 0 heterocycles. The van der Waals surface area contributed by atoms with Crippen molar-refractivity contribution in [3.63, 3.8) is 0 Å². The van der Waals surface area contributed by atoms with Crippen molar-refractivity contribution in [3.8, 4) is 0 Å². The first-order valence-corrected chi connectivity index (χ1v) is 12.7. The average Bonchev–Trinajstić information content (AvgIpc) is 2.98. The molecule has 0 saturated heterocycles. The Morgan fingerprint density at radius 3 is 0.927 bits per heavy atom. The number of halogens is 22. The predicted octanol–water partition coefficient (Wildman–Crippen LogP) is 7.57. The summed E-state index contributed by atoms with van der Waals surface area (Å²) in [4.78, 5) is 33.3. The Kier molecular flexibility index (Phi) is 15.0. The van der Waals surface area contributed by atoms with E-state index in [2.05, 4.69) is 38.7 Å².